The molecule has 1 rings (SSSR count). The Balaban J connectivity index is 3.57. The number of carboxylic acid groups (broad SMARTS) is 1. The monoisotopic (exact) mass is 230 g/mol. The van der Waals surface area contributed by atoms with Crippen molar-refractivity contribution in [3.63, 3.8) is 0 Å². The van der Waals surface area contributed by atoms with Crippen molar-refractivity contribution in [1.82, 2.24) is 4.98 Å². The van der Waals surface area contributed by atoms with Crippen LogP contribution in [0.5, 0.6) is 0 Å². The summed E-state index contributed by atoms with van der Waals surface area (Å²) in [6.07, 6.45) is 2.90. The van der Waals surface area contributed by atoms with Gasteiger partial charge in [0.05, 0.1) is 5.69 Å². The quantitative estimate of drug-likeness (QED) is 0.764. The van der Waals surface area contributed by atoms with Crippen LogP contribution in [-0.2, 0) is 0 Å². The van der Waals surface area contributed by atoms with Crippen molar-refractivity contribution in [3.05, 3.63) is 28.3 Å². The van der Waals surface area contributed by atoms with Gasteiger partial charge in [-0.2, -0.15) is 0 Å². The van der Waals surface area contributed by atoms with Crippen LogP contribution in [0.25, 0.3) is 6.08 Å². The molecule has 1 aromatic rings. The average molecular weight is 231 g/mol. The van der Waals surface area contributed by atoms with Gasteiger partial charge in [0.15, 0.2) is 16.7 Å². The van der Waals surface area contributed by atoms with Gasteiger partial charge >= 0.3 is 5.97 Å². The van der Waals surface area contributed by atoms with Gasteiger partial charge in [0.25, 0.3) is 0 Å². The van der Waals surface area contributed by atoms with Crippen molar-refractivity contribution >= 4 is 29.3 Å². The predicted molar refractivity (Wildman–Crippen MR) is 55.3 cm³/mol. The van der Waals surface area contributed by atoms with E-state index >= 15 is 0 Å². The summed E-state index contributed by atoms with van der Waals surface area (Å²) in [5.74, 6) is -2.22. The first-order valence-electron chi connectivity index (χ1n) is 3.99. The lowest BCUT2D eigenvalue weighted by Crippen LogP contribution is -2.09. The lowest BCUT2D eigenvalue weighted by atomic mass is 10.1. The van der Waals surface area contributed by atoms with E-state index in [0.29, 0.717) is 0 Å². The highest BCUT2D eigenvalue weighted by molar-refractivity contribution is 6.30. The fourth-order valence-corrected chi connectivity index (χ4v) is 1.25. The van der Waals surface area contributed by atoms with Crippen LogP contribution in [0.15, 0.2) is 6.08 Å². The number of carbonyl (C=O) groups is 1. The van der Waals surface area contributed by atoms with E-state index in [2.05, 4.69) is 4.98 Å². The number of aromatic nitrogens is 1. The number of pyridine rings is 1. The molecule has 0 unspecified atom stereocenters. The summed E-state index contributed by atoms with van der Waals surface area (Å²) in [7, 11) is 0. The van der Waals surface area contributed by atoms with Gasteiger partial charge < -0.3 is 10.8 Å². The average Bonchev–Trinajstić information content (AvgIpc) is 2.18. The number of hydrogen-bond acceptors (Lipinski definition) is 3. The molecule has 0 aliphatic rings. The third kappa shape index (κ3) is 2.07. The highest BCUT2D eigenvalue weighted by Crippen LogP contribution is 2.26. The zero-order valence-electron chi connectivity index (χ0n) is 7.79. The van der Waals surface area contributed by atoms with Gasteiger partial charge in [-0.15, -0.1) is 0 Å². The van der Waals surface area contributed by atoms with Crippen LogP contribution in [0.2, 0.25) is 5.15 Å². The fraction of sp³-hybridized carbons (Fsp3) is 0.111. The largest absolute Gasteiger partial charge is 0.476 e. The summed E-state index contributed by atoms with van der Waals surface area (Å²) in [6.45, 7) is 1.65. The van der Waals surface area contributed by atoms with Gasteiger partial charge in [0.1, 0.15) is 0 Å². The van der Waals surface area contributed by atoms with Crippen molar-refractivity contribution in [2.45, 2.75) is 6.92 Å². The Morgan fingerprint density at radius 2 is 2.27 bits per heavy atom. The lowest BCUT2D eigenvalue weighted by molar-refractivity contribution is 0.0690. The number of nitrogens with two attached hydrogens (primary N) is 1. The molecule has 6 heteroatoms. The number of rotatable bonds is 2. The van der Waals surface area contributed by atoms with Crippen molar-refractivity contribution in [2.75, 3.05) is 5.73 Å². The third-order valence-corrected chi connectivity index (χ3v) is 1.96. The molecule has 1 heterocycles. The highest BCUT2D eigenvalue weighted by Gasteiger charge is 2.19. The Bertz CT molecular complexity index is 446. The maximum Gasteiger partial charge on any atom is 0.355 e. The van der Waals surface area contributed by atoms with Gasteiger partial charge in [-0.25, -0.2) is 14.2 Å². The van der Waals surface area contributed by atoms with E-state index in [1.165, 1.54) is 12.2 Å². The molecule has 80 valence electrons. The summed E-state index contributed by atoms with van der Waals surface area (Å²) < 4.78 is 13.2. The van der Waals surface area contributed by atoms with Crippen LogP contribution in [0, 0.1) is 5.82 Å². The Morgan fingerprint density at radius 3 is 2.73 bits per heavy atom. The molecular weight excluding hydrogens is 223 g/mol. The van der Waals surface area contributed by atoms with E-state index in [-0.39, 0.29) is 16.9 Å². The molecule has 0 spiro atoms. The molecule has 0 fully saturated rings. The van der Waals surface area contributed by atoms with Crippen LogP contribution in [-0.4, -0.2) is 16.1 Å². The zero-order valence-corrected chi connectivity index (χ0v) is 8.55. The number of hydrogen-bond donors (Lipinski definition) is 2. The first-order chi connectivity index (χ1) is 6.99. The second-order valence-electron chi connectivity index (χ2n) is 2.70. The van der Waals surface area contributed by atoms with E-state index in [4.69, 9.17) is 22.4 Å². The Morgan fingerprint density at radius 1 is 1.67 bits per heavy atom. The van der Waals surface area contributed by atoms with Gasteiger partial charge in [0.2, 0.25) is 0 Å². The summed E-state index contributed by atoms with van der Waals surface area (Å²) in [5, 5.41) is 8.26. The van der Waals surface area contributed by atoms with E-state index < -0.39 is 16.9 Å². The molecule has 0 aliphatic heterocycles. The number of aromatic carboxylic acids is 1. The minimum Gasteiger partial charge on any atom is -0.476 e. The molecule has 4 nitrogen and oxygen atoms in total. The molecular formula is C9H8ClFN2O2. The summed E-state index contributed by atoms with van der Waals surface area (Å²) in [6, 6.07) is 0. The standard InChI is InChI=1S/C9H8ClFN2O2/c1-2-3-4-6(12)5(11)8(10)13-7(4)9(14)15/h2-3H,1H3,(H2,12,13)(H,14,15)/b3-2+. The SMILES string of the molecule is C/C=C/c1c(C(=O)O)nc(Cl)c(F)c1N. The van der Waals surface area contributed by atoms with Gasteiger partial charge in [0, 0.05) is 5.56 Å². The summed E-state index contributed by atoms with van der Waals surface area (Å²) >= 11 is 5.38. The van der Waals surface area contributed by atoms with E-state index in [1.54, 1.807) is 6.92 Å². The second kappa shape index (κ2) is 4.27. The van der Waals surface area contributed by atoms with Crippen LogP contribution in [0.3, 0.4) is 0 Å². The molecule has 0 saturated carbocycles. The molecule has 0 aliphatic carbocycles. The van der Waals surface area contributed by atoms with Crippen LogP contribution >= 0.6 is 11.6 Å². The number of halogens is 2. The maximum absolute atomic E-state index is 13.2. The van der Waals surface area contributed by atoms with Crippen LogP contribution in [0.4, 0.5) is 10.1 Å². The minimum atomic E-state index is -1.31. The molecule has 3 N–H and O–H groups in total. The summed E-state index contributed by atoms with van der Waals surface area (Å²) in [5.41, 5.74) is 4.74. The number of carboxylic acids is 1. The molecule has 0 aromatic carbocycles. The predicted octanol–water partition coefficient (Wildman–Crippen LogP) is 2.19. The van der Waals surface area contributed by atoms with Crippen LogP contribution < -0.4 is 5.73 Å². The van der Waals surface area contributed by atoms with Gasteiger partial charge in [-0.3, -0.25) is 0 Å². The van der Waals surface area contributed by atoms with E-state index in [9.17, 15) is 9.18 Å². The highest BCUT2D eigenvalue weighted by atomic mass is 35.5. The second-order valence-corrected chi connectivity index (χ2v) is 3.06. The molecule has 0 bridgehead atoms. The number of anilines is 1. The first-order valence-corrected chi connectivity index (χ1v) is 4.37. The van der Waals surface area contributed by atoms with Crippen molar-refractivity contribution in [1.29, 1.82) is 0 Å². The van der Waals surface area contributed by atoms with Crippen molar-refractivity contribution in [3.8, 4) is 0 Å². The number of allylic oxidation sites excluding steroid dienone is 1. The molecule has 0 saturated heterocycles. The first kappa shape index (κ1) is 11.5. The normalized spacial score (nSPS) is 10.9. The zero-order chi connectivity index (χ0) is 11.6. The molecule has 0 radical (unpaired) electrons. The lowest BCUT2D eigenvalue weighted by Gasteiger charge is -2.06. The van der Waals surface area contributed by atoms with Crippen molar-refractivity contribution in [2.24, 2.45) is 0 Å². The van der Waals surface area contributed by atoms with Gasteiger partial charge in [-0.1, -0.05) is 23.8 Å². The van der Waals surface area contributed by atoms with Gasteiger partial charge in [-0.05, 0) is 6.92 Å². The topological polar surface area (TPSA) is 76.2 Å². The number of nitrogen functional groups attached to an aromatic ring is 1. The molecule has 1 aromatic heterocycles. The maximum atomic E-state index is 13.2. The fourth-order valence-electron chi connectivity index (χ4n) is 1.06. The number of nitrogens with zero attached hydrogens (tertiary/aromatic N) is 1. The minimum absolute atomic E-state index is 0.0203. The molecule has 0 amide bonds. The molecule has 15 heavy (non-hydrogen) atoms. The Labute approximate surface area is 90.2 Å². The Kier molecular flexibility index (Phi) is 3.26. The van der Waals surface area contributed by atoms with E-state index in [0.717, 1.165) is 0 Å². The summed E-state index contributed by atoms with van der Waals surface area (Å²) in [4.78, 5) is 14.2. The third-order valence-electron chi connectivity index (χ3n) is 1.71. The van der Waals surface area contributed by atoms with Crippen molar-refractivity contribution < 1.29 is 14.3 Å². The van der Waals surface area contributed by atoms with Crippen LogP contribution in [0.1, 0.15) is 23.0 Å². The Hall–Kier alpha value is -1.62. The smallest absolute Gasteiger partial charge is 0.355 e. The molecule has 0 atom stereocenters. The van der Waals surface area contributed by atoms with E-state index in [1.807, 2.05) is 0 Å².